The zero-order valence-corrected chi connectivity index (χ0v) is 14.6. The van der Waals surface area contributed by atoms with Crippen molar-refractivity contribution >= 4 is 23.4 Å². The molecule has 0 spiro atoms. The first-order chi connectivity index (χ1) is 9.85. The first kappa shape index (κ1) is 16.4. The molecule has 1 nitrogen and oxygen atoms in total. The van der Waals surface area contributed by atoms with Crippen molar-refractivity contribution in [2.24, 2.45) is 0 Å². The molecule has 2 aromatic carbocycles. The van der Waals surface area contributed by atoms with Gasteiger partial charge in [-0.05, 0) is 57.0 Å². The third kappa shape index (κ3) is 5.06. The molecule has 1 N–H and O–H groups in total. The zero-order chi connectivity index (χ0) is 15.5. The third-order valence-electron chi connectivity index (χ3n) is 3.13. The Morgan fingerprint density at radius 3 is 2.38 bits per heavy atom. The molecule has 0 bridgehead atoms. The average molecular weight is 320 g/mol. The van der Waals surface area contributed by atoms with Crippen LogP contribution in [-0.2, 0) is 6.54 Å². The smallest absolute Gasteiger partial charge is 0.0548 e. The van der Waals surface area contributed by atoms with Crippen molar-refractivity contribution < 1.29 is 0 Å². The summed E-state index contributed by atoms with van der Waals surface area (Å²) < 4.78 is 0. The summed E-state index contributed by atoms with van der Waals surface area (Å²) in [5, 5.41) is 4.29. The first-order valence-corrected chi connectivity index (χ1v) is 8.31. The maximum Gasteiger partial charge on any atom is 0.0548 e. The fourth-order valence-electron chi connectivity index (χ4n) is 1.89. The molecule has 0 aliphatic heterocycles. The molecular formula is C18H22ClNS. The van der Waals surface area contributed by atoms with E-state index in [1.807, 2.05) is 0 Å². The van der Waals surface area contributed by atoms with Gasteiger partial charge >= 0.3 is 0 Å². The average Bonchev–Trinajstić information content (AvgIpc) is 2.41. The number of aryl methyl sites for hydroxylation is 1. The number of hydrogen-bond acceptors (Lipinski definition) is 2. The molecule has 0 fully saturated rings. The van der Waals surface area contributed by atoms with Crippen molar-refractivity contribution in [1.29, 1.82) is 0 Å². The van der Waals surface area contributed by atoms with Gasteiger partial charge in [0, 0.05) is 21.9 Å². The Kier molecular flexibility index (Phi) is 5.37. The Balaban J connectivity index is 2.11. The van der Waals surface area contributed by atoms with Crippen LogP contribution in [0.2, 0.25) is 5.02 Å². The molecule has 3 heteroatoms. The predicted octanol–water partition coefficient (Wildman–Crippen LogP) is 5.69. The van der Waals surface area contributed by atoms with Gasteiger partial charge in [-0.2, -0.15) is 0 Å². The van der Waals surface area contributed by atoms with Crippen LogP contribution in [0.15, 0.2) is 52.3 Å². The molecule has 0 aliphatic carbocycles. The molecular weight excluding hydrogens is 298 g/mol. The second-order valence-corrected chi connectivity index (χ2v) is 7.73. The number of nitrogens with one attached hydrogen (secondary N) is 1. The predicted molar refractivity (Wildman–Crippen MR) is 93.3 cm³/mol. The van der Waals surface area contributed by atoms with E-state index < -0.39 is 0 Å². The van der Waals surface area contributed by atoms with Crippen LogP contribution in [0.4, 0.5) is 0 Å². The van der Waals surface area contributed by atoms with Gasteiger partial charge < -0.3 is 5.32 Å². The quantitative estimate of drug-likeness (QED) is 0.777. The molecule has 0 amide bonds. The van der Waals surface area contributed by atoms with E-state index in [0.29, 0.717) is 0 Å². The van der Waals surface area contributed by atoms with Crippen LogP contribution >= 0.6 is 23.4 Å². The van der Waals surface area contributed by atoms with Gasteiger partial charge in [-0.3, -0.25) is 0 Å². The van der Waals surface area contributed by atoms with Crippen LogP contribution in [0.25, 0.3) is 0 Å². The van der Waals surface area contributed by atoms with E-state index in [1.54, 1.807) is 11.8 Å². The highest BCUT2D eigenvalue weighted by Crippen LogP contribution is 2.35. The summed E-state index contributed by atoms with van der Waals surface area (Å²) in [6.07, 6.45) is 0. The van der Waals surface area contributed by atoms with Crippen molar-refractivity contribution in [3.63, 3.8) is 0 Å². The summed E-state index contributed by atoms with van der Waals surface area (Å²) in [7, 11) is 0. The molecule has 0 aromatic heterocycles. The van der Waals surface area contributed by atoms with Crippen LogP contribution in [0.3, 0.4) is 0 Å². The van der Waals surface area contributed by atoms with Crippen molar-refractivity contribution in [3.8, 4) is 0 Å². The lowest BCUT2D eigenvalue weighted by Crippen LogP contribution is -2.35. The van der Waals surface area contributed by atoms with Crippen LogP contribution in [-0.4, -0.2) is 5.54 Å². The summed E-state index contributed by atoms with van der Waals surface area (Å²) in [5.74, 6) is 0. The van der Waals surface area contributed by atoms with Crippen molar-refractivity contribution in [1.82, 2.24) is 5.32 Å². The van der Waals surface area contributed by atoms with Gasteiger partial charge in [-0.25, -0.2) is 0 Å². The normalized spacial score (nSPS) is 11.7. The minimum absolute atomic E-state index is 0.112. The van der Waals surface area contributed by atoms with Gasteiger partial charge in [-0.1, -0.05) is 47.6 Å². The molecule has 21 heavy (non-hydrogen) atoms. The number of hydrogen-bond donors (Lipinski definition) is 1. The number of rotatable bonds is 4. The molecule has 0 saturated carbocycles. The van der Waals surface area contributed by atoms with E-state index in [1.165, 1.54) is 16.0 Å². The Morgan fingerprint density at radius 2 is 1.76 bits per heavy atom. The minimum atomic E-state index is 0.112. The number of benzene rings is 2. The van der Waals surface area contributed by atoms with Gasteiger partial charge in [0.05, 0.1) is 5.02 Å². The lowest BCUT2D eigenvalue weighted by molar-refractivity contribution is 0.424. The van der Waals surface area contributed by atoms with Crippen LogP contribution < -0.4 is 5.32 Å². The fourth-order valence-corrected chi connectivity index (χ4v) is 3.12. The molecule has 0 aliphatic rings. The lowest BCUT2D eigenvalue weighted by atomic mass is 10.1. The van der Waals surface area contributed by atoms with Crippen molar-refractivity contribution in [2.75, 3.05) is 0 Å². The fraction of sp³-hybridized carbons (Fsp3) is 0.333. The first-order valence-electron chi connectivity index (χ1n) is 7.12. The molecule has 0 unspecified atom stereocenters. The summed E-state index contributed by atoms with van der Waals surface area (Å²) in [6, 6.07) is 14.7. The summed E-state index contributed by atoms with van der Waals surface area (Å²) in [6.45, 7) is 9.45. The van der Waals surface area contributed by atoms with Gasteiger partial charge in [0.2, 0.25) is 0 Å². The van der Waals surface area contributed by atoms with Crippen molar-refractivity contribution in [2.45, 2.75) is 49.6 Å². The second-order valence-electron chi connectivity index (χ2n) is 6.24. The Labute approximate surface area is 137 Å². The van der Waals surface area contributed by atoms with E-state index in [2.05, 4.69) is 75.5 Å². The van der Waals surface area contributed by atoms with Crippen molar-refractivity contribution in [3.05, 3.63) is 58.6 Å². The Bertz CT molecular complexity index is 617. The summed E-state index contributed by atoms with van der Waals surface area (Å²) >= 11 is 8.15. The van der Waals surface area contributed by atoms with E-state index in [-0.39, 0.29) is 5.54 Å². The largest absolute Gasteiger partial charge is 0.308 e. The molecule has 112 valence electrons. The molecule has 2 aromatic rings. The summed E-state index contributed by atoms with van der Waals surface area (Å²) in [4.78, 5) is 2.35. The number of halogens is 1. The second kappa shape index (κ2) is 6.87. The standard InChI is InChI=1S/C18H22ClNS/c1-13-7-5-6-8-16(13)21-17-10-9-14(11-15(17)19)12-20-18(2,3)4/h5-11,20H,12H2,1-4H3. The van der Waals surface area contributed by atoms with Gasteiger partial charge in [-0.15, -0.1) is 0 Å². The van der Waals surface area contributed by atoms with Gasteiger partial charge in [0.1, 0.15) is 0 Å². The highest BCUT2D eigenvalue weighted by atomic mass is 35.5. The molecule has 0 atom stereocenters. The zero-order valence-electron chi connectivity index (χ0n) is 13.0. The van der Waals surface area contributed by atoms with Gasteiger partial charge in [0.25, 0.3) is 0 Å². The third-order valence-corrected chi connectivity index (χ3v) is 4.81. The van der Waals surface area contributed by atoms with Crippen LogP contribution in [0.1, 0.15) is 31.9 Å². The minimum Gasteiger partial charge on any atom is -0.308 e. The molecule has 0 radical (unpaired) electrons. The van der Waals surface area contributed by atoms with Gasteiger partial charge in [0.15, 0.2) is 0 Å². The Hall–Kier alpha value is -0.960. The maximum atomic E-state index is 6.43. The molecule has 2 rings (SSSR count). The topological polar surface area (TPSA) is 12.0 Å². The van der Waals surface area contributed by atoms with Crippen LogP contribution in [0.5, 0.6) is 0 Å². The van der Waals surface area contributed by atoms with E-state index in [9.17, 15) is 0 Å². The molecule has 0 heterocycles. The highest BCUT2D eigenvalue weighted by Gasteiger charge is 2.10. The highest BCUT2D eigenvalue weighted by molar-refractivity contribution is 7.99. The van der Waals surface area contributed by atoms with E-state index >= 15 is 0 Å². The maximum absolute atomic E-state index is 6.43. The Morgan fingerprint density at radius 1 is 1.05 bits per heavy atom. The monoisotopic (exact) mass is 319 g/mol. The SMILES string of the molecule is Cc1ccccc1Sc1ccc(CNC(C)(C)C)cc1Cl. The molecule has 0 saturated heterocycles. The lowest BCUT2D eigenvalue weighted by Gasteiger charge is -2.20. The summed E-state index contributed by atoms with van der Waals surface area (Å²) in [5.41, 5.74) is 2.60. The van der Waals surface area contributed by atoms with E-state index in [4.69, 9.17) is 11.6 Å². The van der Waals surface area contributed by atoms with Crippen LogP contribution in [0, 0.1) is 6.92 Å². The van der Waals surface area contributed by atoms with E-state index in [0.717, 1.165) is 16.5 Å².